The molecule has 0 aliphatic carbocycles. The number of thioether (sulfide) groups is 1. The number of benzene rings is 2. The van der Waals surface area contributed by atoms with E-state index >= 15 is 0 Å². The molecule has 0 saturated heterocycles. The smallest absolute Gasteiger partial charge is 0.255 e. The summed E-state index contributed by atoms with van der Waals surface area (Å²) >= 11 is 1.54. The van der Waals surface area contributed by atoms with E-state index in [-0.39, 0.29) is 5.91 Å². The van der Waals surface area contributed by atoms with E-state index in [0.29, 0.717) is 65.1 Å². The van der Waals surface area contributed by atoms with Crippen molar-refractivity contribution in [2.45, 2.75) is 45.8 Å². The normalized spacial score (nSPS) is 14.6. The Hall–Kier alpha value is -3.66. The van der Waals surface area contributed by atoms with Crippen molar-refractivity contribution in [1.29, 1.82) is 0 Å². The molecule has 4 rings (SSSR count). The lowest BCUT2D eigenvalue weighted by Gasteiger charge is -2.29. The molecule has 3 aromatic rings. The van der Waals surface area contributed by atoms with Gasteiger partial charge in [-0.05, 0) is 63.3 Å². The third-order valence-electron chi connectivity index (χ3n) is 5.67. The molecule has 9 nitrogen and oxygen atoms in total. The second-order valence-corrected chi connectivity index (χ2v) is 9.35. The highest BCUT2D eigenvalue weighted by Crippen LogP contribution is 2.40. The van der Waals surface area contributed by atoms with Crippen molar-refractivity contribution in [3.8, 4) is 17.2 Å². The summed E-state index contributed by atoms with van der Waals surface area (Å²) in [5, 5.41) is 11.7. The first-order chi connectivity index (χ1) is 18.0. The summed E-state index contributed by atoms with van der Waals surface area (Å²) in [7, 11) is 0. The summed E-state index contributed by atoms with van der Waals surface area (Å²) in [6, 6.07) is 12.6. The van der Waals surface area contributed by atoms with Crippen LogP contribution in [0.3, 0.4) is 0 Å². The second-order valence-electron chi connectivity index (χ2n) is 8.12. The molecule has 1 aromatic heterocycles. The van der Waals surface area contributed by atoms with Crippen LogP contribution in [0.5, 0.6) is 17.2 Å². The van der Waals surface area contributed by atoms with Gasteiger partial charge in [0.1, 0.15) is 11.8 Å². The van der Waals surface area contributed by atoms with Crippen LogP contribution in [0.15, 0.2) is 58.9 Å². The van der Waals surface area contributed by atoms with Gasteiger partial charge in [0.15, 0.2) is 11.5 Å². The highest BCUT2D eigenvalue weighted by molar-refractivity contribution is 7.99. The van der Waals surface area contributed by atoms with Crippen LogP contribution >= 0.6 is 11.8 Å². The van der Waals surface area contributed by atoms with Crippen molar-refractivity contribution in [1.82, 2.24) is 14.8 Å². The quantitative estimate of drug-likeness (QED) is 0.317. The maximum absolute atomic E-state index is 13.9. The Labute approximate surface area is 221 Å². The largest absolute Gasteiger partial charge is 0.492 e. The fourth-order valence-corrected chi connectivity index (χ4v) is 4.76. The van der Waals surface area contributed by atoms with E-state index in [9.17, 15) is 4.79 Å². The molecular weight excluding hydrogens is 490 g/mol. The number of hydrogen-bond acceptors (Lipinski definition) is 8. The number of fused-ring (bicyclic) bond motifs is 1. The summed E-state index contributed by atoms with van der Waals surface area (Å²) < 4.78 is 19.1. The number of anilines is 2. The zero-order valence-electron chi connectivity index (χ0n) is 21.8. The molecule has 1 aliphatic rings. The van der Waals surface area contributed by atoms with Gasteiger partial charge in [-0.25, -0.2) is 4.68 Å². The number of allylic oxidation sites excluding steroid dienone is 1. The van der Waals surface area contributed by atoms with Gasteiger partial charge in [0, 0.05) is 5.70 Å². The lowest BCUT2D eigenvalue weighted by Crippen LogP contribution is -2.31. The van der Waals surface area contributed by atoms with Crippen LogP contribution in [0.1, 0.15) is 46.2 Å². The molecule has 2 heterocycles. The average Bonchev–Trinajstić information content (AvgIpc) is 3.28. The van der Waals surface area contributed by atoms with E-state index in [2.05, 4.69) is 22.5 Å². The Morgan fingerprint density at radius 1 is 1.00 bits per heavy atom. The highest BCUT2D eigenvalue weighted by Gasteiger charge is 2.35. The monoisotopic (exact) mass is 523 g/mol. The minimum Gasteiger partial charge on any atom is -0.492 e. The fourth-order valence-electron chi connectivity index (χ4n) is 4.20. The van der Waals surface area contributed by atoms with Crippen LogP contribution in [0, 0.1) is 0 Å². The molecule has 196 valence electrons. The summed E-state index contributed by atoms with van der Waals surface area (Å²) in [6.45, 7) is 11.2. The van der Waals surface area contributed by atoms with E-state index < -0.39 is 6.04 Å². The van der Waals surface area contributed by atoms with Gasteiger partial charge in [-0.15, -0.1) is 5.10 Å². The van der Waals surface area contributed by atoms with E-state index in [1.165, 1.54) is 0 Å². The molecule has 1 aliphatic heterocycles. The average molecular weight is 524 g/mol. The van der Waals surface area contributed by atoms with Gasteiger partial charge in [0.05, 0.1) is 31.1 Å². The highest BCUT2D eigenvalue weighted by atomic mass is 32.2. The van der Waals surface area contributed by atoms with Gasteiger partial charge in [-0.1, -0.05) is 36.9 Å². The van der Waals surface area contributed by atoms with E-state index in [4.69, 9.17) is 19.3 Å². The number of para-hydroxylation sites is 2. The number of rotatable bonds is 11. The van der Waals surface area contributed by atoms with Gasteiger partial charge in [-0.2, -0.15) is 4.98 Å². The van der Waals surface area contributed by atoms with Gasteiger partial charge < -0.3 is 24.8 Å². The topological polar surface area (TPSA) is 99.5 Å². The number of hydrogen-bond donors (Lipinski definition) is 2. The van der Waals surface area contributed by atoms with E-state index in [1.54, 1.807) is 16.4 Å². The van der Waals surface area contributed by atoms with Gasteiger partial charge in [0.25, 0.3) is 5.91 Å². The first-order valence-corrected chi connectivity index (χ1v) is 13.5. The molecule has 10 heteroatoms. The number of ether oxygens (including phenoxy) is 3. The zero-order chi connectivity index (χ0) is 26.4. The molecule has 1 atom stereocenters. The van der Waals surface area contributed by atoms with Crippen molar-refractivity contribution in [3.05, 3.63) is 59.3 Å². The number of nitrogens with one attached hydrogen (secondary N) is 2. The molecule has 0 bridgehead atoms. The van der Waals surface area contributed by atoms with Crippen molar-refractivity contribution in [2.24, 2.45) is 0 Å². The molecule has 1 unspecified atom stereocenters. The first-order valence-electron chi connectivity index (χ1n) is 12.5. The minimum atomic E-state index is -0.538. The Morgan fingerprint density at radius 2 is 1.70 bits per heavy atom. The Morgan fingerprint density at radius 3 is 2.43 bits per heavy atom. The zero-order valence-corrected chi connectivity index (χ0v) is 22.6. The van der Waals surface area contributed by atoms with Gasteiger partial charge in [-0.3, -0.25) is 4.79 Å². The lowest BCUT2D eigenvalue weighted by atomic mass is 9.94. The predicted molar refractivity (Wildman–Crippen MR) is 146 cm³/mol. The maximum Gasteiger partial charge on any atom is 0.255 e. The summed E-state index contributed by atoms with van der Waals surface area (Å²) in [4.78, 5) is 18.5. The maximum atomic E-state index is 13.9. The summed E-state index contributed by atoms with van der Waals surface area (Å²) in [5.41, 5.74) is 2.64. The molecule has 0 saturated carbocycles. The van der Waals surface area contributed by atoms with Crippen molar-refractivity contribution in [2.75, 3.05) is 36.2 Å². The van der Waals surface area contributed by atoms with E-state index in [1.807, 2.05) is 70.2 Å². The van der Waals surface area contributed by atoms with Crippen LogP contribution in [0.2, 0.25) is 0 Å². The lowest BCUT2D eigenvalue weighted by molar-refractivity contribution is -0.113. The van der Waals surface area contributed by atoms with Crippen molar-refractivity contribution >= 4 is 29.3 Å². The number of carbonyl (C=O) groups excluding carboxylic acids is 1. The first kappa shape index (κ1) is 26.4. The molecular formula is C27H33N5O4S. The summed E-state index contributed by atoms with van der Waals surface area (Å²) in [6.07, 6.45) is 0. The molecule has 0 radical (unpaired) electrons. The van der Waals surface area contributed by atoms with Crippen LogP contribution in [0.25, 0.3) is 0 Å². The van der Waals surface area contributed by atoms with Gasteiger partial charge in [0.2, 0.25) is 11.1 Å². The van der Waals surface area contributed by atoms with Crippen LogP contribution in [0.4, 0.5) is 11.6 Å². The fraction of sp³-hybridized carbons (Fsp3) is 0.370. The molecule has 0 spiro atoms. The molecule has 37 heavy (non-hydrogen) atoms. The standard InChI is InChI=1S/C27H33N5O4S/c1-6-34-20-13-11-10-12-19(20)29-25(33)23-17(5)28-26-30-27(37-9-4)31-32(26)24(23)18-14-15-21(35-7-2)22(16-18)36-8-3/h10-16,24H,6-9H2,1-5H3,(H,29,33)(H,28,30,31). The molecule has 2 aromatic carbocycles. The van der Waals surface area contributed by atoms with Crippen LogP contribution < -0.4 is 24.8 Å². The number of amides is 1. The number of aromatic nitrogens is 3. The van der Waals surface area contributed by atoms with Crippen LogP contribution in [-0.4, -0.2) is 46.2 Å². The SMILES string of the molecule is CCOc1ccccc1NC(=O)C1=C(C)Nc2nc(SCC)nn2C1c1ccc(OCC)c(OCC)c1. The summed E-state index contributed by atoms with van der Waals surface area (Å²) in [5.74, 6) is 3.03. The van der Waals surface area contributed by atoms with Crippen molar-refractivity contribution in [3.63, 3.8) is 0 Å². The third kappa shape index (κ3) is 5.69. The second kappa shape index (κ2) is 12.1. The van der Waals surface area contributed by atoms with Crippen LogP contribution in [-0.2, 0) is 4.79 Å². The molecule has 0 fully saturated rings. The Balaban J connectivity index is 1.80. The van der Waals surface area contributed by atoms with Gasteiger partial charge >= 0.3 is 0 Å². The Kier molecular flexibility index (Phi) is 8.60. The predicted octanol–water partition coefficient (Wildman–Crippen LogP) is 5.51. The number of carbonyl (C=O) groups is 1. The molecule has 2 N–H and O–H groups in total. The minimum absolute atomic E-state index is 0.264. The number of nitrogens with zero attached hydrogens (tertiary/aromatic N) is 3. The van der Waals surface area contributed by atoms with Crippen molar-refractivity contribution < 1.29 is 19.0 Å². The van der Waals surface area contributed by atoms with E-state index in [0.717, 1.165) is 11.3 Å². The molecule has 1 amide bonds. The third-order valence-corrected chi connectivity index (χ3v) is 6.39. The Bertz CT molecular complexity index is 1290.